The summed E-state index contributed by atoms with van der Waals surface area (Å²) in [4.78, 5) is 22.8. The van der Waals surface area contributed by atoms with Crippen LogP contribution in [0.2, 0.25) is 0 Å². The van der Waals surface area contributed by atoms with Gasteiger partial charge in [0.25, 0.3) is 0 Å². The monoisotopic (exact) mass is 244 g/mol. The average molecular weight is 244 g/mol. The van der Waals surface area contributed by atoms with Crippen LogP contribution in [0.25, 0.3) is 0 Å². The normalized spacial score (nSPS) is 23.4. The predicted molar refractivity (Wildman–Crippen MR) is 61.4 cm³/mol. The van der Waals surface area contributed by atoms with E-state index >= 15 is 0 Å². The maximum atomic E-state index is 11.8. The summed E-state index contributed by atoms with van der Waals surface area (Å²) in [5, 5.41) is 5.76. The van der Waals surface area contributed by atoms with Gasteiger partial charge in [0.15, 0.2) is 0 Å². The Morgan fingerprint density at radius 3 is 2.82 bits per heavy atom. The SMILES string of the molecule is CCOC(=O)CCNC(=O)C1COCC1NC. The molecule has 6 heteroatoms. The molecule has 1 aliphatic heterocycles. The van der Waals surface area contributed by atoms with Crippen molar-refractivity contribution in [3.8, 4) is 0 Å². The summed E-state index contributed by atoms with van der Waals surface area (Å²) in [5.74, 6) is -0.547. The van der Waals surface area contributed by atoms with Crippen LogP contribution in [0.3, 0.4) is 0 Å². The summed E-state index contributed by atoms with van der Waals surface area (Å²) >= 11 is 0. The molecule has 98 valence electrons. The van der Waals surface area contributed by atoms with Crippen LogP contribution >= 0.6 is 0 Å². The Labute approximate surface area is 101 Å². The summed E-state index contributed by atoms with van der Waals surface area (Å²) in [5.41, 5.74) is 0. The summed E-state index contributed by atoms with van der Waals surface area (Å²) in [6.07, 6.45) is 0.206. The van der Waals surface area contributed by atoms with Crippen molar-refractivity contribution >= 4 is 11.9 Å². The fourth-order valence-electron chi connectivity index (χ4n) is 1.75. The molecule has 6 nitrogen and oxygen atoms in total. The van der Waals surface area contributed by atoms with E-state index in [4.69, 9.17) is 9.47 Å². The lowest BCUT2D eigenvalue weighted by Gasteiger charge is -2.16. The van der Waals surface area contributed by atoms with Gasteiger partial charge in [-0.15, -0.1) is 0 Å². The van der Waals surface area contributed by atoms with E-state index in [2.05, 4.69) is 10.6 Å². The molecule has 0 aliphatic carbocycles. The van der Waals surface area contributed by atoms with Crippen molar-refractivity contribution in [2.24, 2.45) is 5.92 Å². The molecule has 1 fully saturated rings. The number of nitrogens with one attached hydrogen (secondary N) is 2. The van der Waals surface area contributed by atoms with Crippen molar-refractivity contribution < 1.29 is 19.1 Å². The summed E-state index contributed by atoms with van der Waals surface area (Å²) in [6.45, 7) is 3.41. The Kier molecular flexibility index (Phi) is 5.93. The lowest BCUT2D eigenvalue weighted by Crippen LogP contribution is -2.43. The van der Waals surface area contributed by atoms with Crippen molar-refractivity contribution in [3.63, 3.8) is 0 Å². The smallest absolute Gasteiger partial charge is 0.307 e. The van der Waals surface area contributed by atoms with E-state index in [1.54, 1.807) is 14.0 Å². The van der Waals surface area contributed by atoms with E-state index in [0.717, 1.165) is 0 Å². The van der Waals surface area contributed by atoms with E-state index < -0.39 is 0 Å². The molecule has 1 rings (SSSR count). The minimum Gasteiger partial charge on any atom is -0.466 e. The highest BCUT2D eigenvalue weighted by atomic mass is 16.5. The first-order valence-corrected chi connectivity index (χ1v) is 5.87. The predicted octanol–water partition coefficient (Wildman–Crippen LogP) is -0.710. The highest BCUT2D eigenvalue weighted by molar-refractivity contribution is 5.80. The molecule has 17 heavy (non-hydrogen) atoms. The van der Waals surface area contributed by atoms with Crippen LogP contribution < -0.4 is 10.6 Å². The van der Waals surface area contributed by atoms with Crippen LogP contribution in [0.1, 0.15) is 13.3 Å². The highest BCUT2D eigenvalue weighted by Gasteiger charge is 2.32. The molecule has 1 amide bonds. The molecule has 0 saturated carbocycles. The number of carbonyl (C=O) groups excluding carboxylic acids is 2. The van der Waals surface area contributed by atoms with Gasteiger partial charge in [-0.05, 0) is 14.0 Å². The van der Waals surface area contributed by atoms with Crippen molar-refractivity contribution in [2.45, 2.75) is 19.4 Å². The van der Waals surface area contributed by atoms with E-state index in [0.29, 0.717) is 26.4 Å². The number of likely N-dealkylation sites (N-methyl/N-ethyl adjacent to an activating group) is 1. The molecule has 2 unspecified atom stereocenters. The molecular formula is C11H20N2O4. The maximum absolute atomic E-state index is 11.8. The lowest BCUT2D eigenvalue weighted by molar-refractivity contribution is -0.143. The summed E-state index contributed by atoms with van der Waals surface area (Å²) in [6, 6.07) is 0.0533. The third kappa shape index (κ3) is 4.32. The molecule has 1 saturated heterocycles. The second kappa shape index (κ2) is 7.24. The van der Waals surface area contributed by atoms with Crippen LogP contribution in [0.4, 0.5) is 0 Å². The number of hydrogen-bond acceptors (Lipinski definition) is 5. The topological polar surface area (TPSA) is 76.7 Å². The highest BCUT2D eigenvalue weighted by Crippen LogP contribution is 2.13. The van der Waals surface area contributed by atoms with Gasteiger partial charge in [-0.2, -0.15) is 0 Å². The van der Waals surface area contributed by atoms with Crippen molar-refractivity contribution in [1.82, 2.24) is 10.6 Å². The summed E-state index contributed by atoms with van der Waals surface area (Å²) < 4.78 is 10.00. The Morgan fingerprint density at radius 1 is 1.41 bits per heavy atom. The molecule has 2 atom stereocenters. The van der Waals surface area contributed by atoms with Gasteiger partial charge >= 0.3 is 5.97 Å². The van der Waals surface area contributed by atoms with Crippen LogP contribution in [0.15, 0.2) is 0 Å². The average Bonchev–Trinajstić information content (AvgIpc) is 2.77. The second-order valence-electron chi connectivity index (χ2n) is 3.89. The Hall–Kier alpha value is -1.14. The van der Waals surface area contributed by atoms with Crippen LogP contribution in [0, 0.1) is 5.92 Å². The first-order chi connectivity index (χ1) is 8.19. The third-order valence-electron chi connectivity index (χ3n) is 2.72. The fourth-order valence-corrected chi connectivity index (χ4v) is 1.75. The zero-order valence-corrected chi connectivity index (χ0v) is 10.3. The molecular weight excluding hydrogens is 224 g/mol. The van der Waals surface area contributed by atoms with E-state index in [-0.39, 0.29) is 30.3 Å². The summed E-state index contributed by atoms with van der Waals surface area (Å²) in [7, 11) is 1.80. The van der Waals surface area contributed by atoms with Gasteiger partial charge in [0.05, 0.1) is 32.2 Å². The van der Waals surface area contributed by atoms with Gasteiger partial charge in [0.1, 0.15) is 0 Å². The molecule has 1 heterocycles. The molecule has 0 radical (unpaired) electrons. The second-order valence-corrected chi connectivity index (χ2v) is 3.89. The largest absolute Gasteiger partial charge is 0.466 e. The standard InChI is InChI=1S/C11H20N2O4/c1-3-17-10(14)4-5-13-11(15)8-6-16-7-9(8)12-2/h8-9,12H,3-7H2,1-2H3,(H,13,15). The zero-order chi connectivity index (χ0) is 12.7. The van der Waals surface area contributed by atoms with Gasteiger partial charge < -0.3 is 20.1 Å². The molecule has 0 aromatic carbocycles. The van der Waals surface area contributed by atoms with E-state index in [1.165, 1.54) is 0 Å². The lowest BCUT2D eigenvalue weighted by atomic mass is 10.0. The minimum absolute atomic E-state index is 0.0533. The van der Waals surface area contributed by atoms with Crippen molar-refractivity contribution in [2.75, 3.05) is 33.4 Å². The fraction of sp³-hybridized carbons (Fsp3) is 0.818. The van der Waals surface area contributed by atoms with Gasteiger partial charge in [0.2, 0.25) is 5.91 Å². The van der Waals surface area contributed by atoms with E-state index in [9.17, 15) is 9.59 Å². The van der Waals surface area contributed by atoms with E-state index in [1.807, 2.05) is 0 Å². The number of hydrogen-bond donors (Lipinski definition) is 2. The maximum Gasteiger partial charge on any atom is 0.307 e. The Bertz CT molecular complexity index is 270. The Balaban J connectivity index is 2.23. The van der Waals surface area contributed by atoms with Crippen molar-refractivity contribution in [3.05, 3.63) is 0 Å². The minimum atomic E-state index is -0.291. The van der Waals surface area contributed by atoms with Gasteiger partial charge in [-0.25, -0.2) is 0 Å². The van der Waals surface area contributed by atoms with Crippen LogP contribution in [0.5, 0.6) is 0 Å². The number of amides is 1. The Morgan fingerprint density at radius 2 is 2.18 bits per heavy atom. The van der Waals surface area contributed by atoms with Crippen molar-refractivity contribution in [1.29, 1.82) is 0 Å². The zero-order valence-electron chi connectivity index (χ0n) is 10.3. The van der Waals surface area contributed by atoms with Gasteiger partial charge in [0, 0.05) is 12.6 Å². The van der Waals surface area contributed by atoms with Gasteiger partial charge in [-0.1, -0.05) is 0 Å². The molecule has 2 N–H and O–H groups in total. The molecule has 0 aromatic rings. The molecule has 0 aromatic heterocycles. The third-order valence-corrected chi connectivity index (χ3v) is 2.72. The number of rotatable bonds is 6. The molecule has 0 bridgehead atoms. The number of esters is 1. The van der Waals surface area contributed by atoms with Crippen LogP contribution in [-0.2, 0) is 19.1 Å². The number of ether oxygens (including phenoxy) is 2. The number of carbonyl (C=O) groups is 2. The first kappa shape index (κ1) is 13.9. The quantitative estimate of drug-likeness (QED) is 0.604. The first-order valence-electron chi connectivity index (χ1n) is 5.87. The molecule has 1 aliphatic rings. The molecule has 0 spiro atoms. The van der Waals surface area contributed by atoms with Crippen LogP contribution in [-0.4, -0.2) is 51.3 Å². The van der Waals surface area contributed by atoms with Gasteiger partial charge in [-0.3, -0.25) is 9.59 Å².